The third kappa shape index (κ3) is 4.82. The van der Waals surface area contributed by atoms with Crippen LogP contribution in [0.25, 0.3) is 11.1 Å². The SMILES string of the molecule is CSc1ncc(-c2ccc(C(C)=O)cc2)c(=O)n1CC(=O)OC(C)(C)C. The van der Waals surface area contributed by atoms with Crippen LogP contribution >= 0.6 is 11.8 Å². The van der Waals surface area contributed by atoms with Crippen molar-refractivity contribution in [2.45, 2.75) is 45.0 Å². The number of ether oxygens (including phenoxy) is 1. The van der Waals surface area contributed by atoms with E-state index in [0.29, 0.717) is 21.8 Å². The minimum absolute atomic E-state index is 0.0465. The van der Waals surface area contributed by atoms with Gasteiger partial charge in [-0.3, -0.25) is 19.0 Å². The number of aromatic nitrogens is 2. The zero-order chi connectivity index (χ0) is 19.5. The predicted octanol–water partition coefficient (Wildman–Crippen LogP) is 3.18. The molecule has 0 saturated heterocycles. The first-order chi connectivity index (χ1) is 12.1. The van der Waals surface area contributed by atoms with Crippen LogP contribution in [0.4, 0.5) is 0 Å². The van der Waals surface area contributed by atoms with Gasteiger partial charge in [-0.1, -0.05) is 36.0 Å². The van der Waals surface area contributed by atoms with Crippen molar-refractivity contribution in [1.29, 1.82) is 0 Å². The summed E-state index contributed by atoms with van der Waals surface area (Å²) >= 11 is 1.28. The Morgan fingerprint density at radius 3 is 2.31 bits per heavy atom. The van der Waals surface area contributed by atoms with E-state index in [9.17, 15) is 14.4 Å². The minimum Gasteiger partial charge on any atom is -0.459 e. The van der Waals surface area contributed by atoms with Crippen molar-refractivity contribution in [3.63, 3.8) is 0 Å². The molecular weight excluding hydrogens is 352 g/mol. The molecule has 1 aromatic carbocycles. The quantitative estimate of drug-likeness (QED) is 0.346. The monoisotopic (exact) mass is 374 g/mol. The number of hydrogen-bond acceptors (Lipinski definition) is 6. The highest BCUT2D eigenvalue weighted by atomic mass is 32.2. The molecule has 0 radical (unpaired) electrons. The van der Waals surface area contributed by atoms with Gasteiger partial charge in [0, 0.05) is 11.8 Å². The molecule has 2 aromatic rings. The minimum atomic E-state index is -0.631. The van der Waals surface area contributed by atoms with Gasteiger partial charge in [0.05, 0.1) is 5.56 Å². The Kier molecular flexibility index (Phi) is 6.02. The first-order valence-electron chi connectivity index (χ1n) is 8.09. The molecule has 6 nitrogen and oxygen atoms in total. The molecule has 138 valence electrons. The number of Topliss-reactive ketones (excluding diaryl/α,β-unsaturated/α-hetero) is 1. The van der Waals surface area contributed by atoms with Crippen LogP contribution in [0.2, 0.25) is 0 Å². The Morgan fingerprint density at radius 2 is 1.81 bits per heavy atom. The van der Waals surface area contributed by atoms with Crippen LogP contribution in [-0.4, -0.2) is 33.2 Å². The molecule has 0 fully saturated rings. The van der Waals surface area contributed by atoms with Crippen molar-refractivity contribution in [1.82, 2.24) is 9.55 Å². The summed E-state index contributed by atoms with van der Waals surface area (Å²) in [6.45, 7) is 6.59. The van der Waals surface area contributed by atoms with E-state index >= 15 is 0 Å². The number of carbonyl (C=O) groups is 2. The zero-order valence-corrected chi connectivity index (χ0v) is 16.3. The average Bonchev–Trinajstić information content (AvgIpc) is 2.55. The predicted molar refractivity (Wildman–Crippen MR) is 102 cm³/mol. The molecule has 26 heavy (non-hydrogen) atoms. The smallest absolute Gasteiger partial charge is 0.326 e. The van der Waals surface area contributed by atoms with Crippen molar-refractivity contribution < 1.29 is 14.3 Å². The van der Waals surface area contributed by atoms with Crippen molar-refractivity contribution in [2.75, 3.05) is 6.26 Å². The van der Waals surface area contributed by atoms with Crippen LogP contribution in [0.15, 0.2) is 40.4 Å². The largest absolute Gasteiger partial charge is 0.459 e. The molecule has 0 unspecified atom stereocenters. The number of carbonyl (C=O) groups excluding carboxylic acids is 2. The maximum Gasteiger partial charge on any atom is 0.326 e. The fourth-order valence-corrected chi connectivity index (χ4v) is 2.89. The summed E-state index contributed by atoms with van der Waals surface area (Å²) in [5.41, 5.74) is 0.607. The highest BCUT2D eigenvalue weighted by Crippen LogP contribution is 2.19. The Hall–Kier alpha value is -2.41. The Balaban J connectivity index is 2.43. The van der Waals surface area contributed by atoms with Crippen molar-refractivity contribution in [3.05, 3.63) is 46.4 Å². The van der Waals surface area contributed by atoms with Gasteiger partial charge >= 0.3 is 5.97 Å². The summed E-state index contributed by atoms with van der Waals surface area (Å²) in [5.74, 6) is -0.546. The maximum absolute atomic E-state index is 12.9. The average molecular weight is 374 g/mol. The summed E-state index contributed by atoms with van der Waals surface area (Å²) < 4.78 is 6.62. The highest BCUT2D eigenvalue weighted by molar-refractivity contribution is 7.98. The third-order valence-electron chi connectivity index (χ3n) is 3.50. The lowest BCUT2D eigenvalue weighted by molar-refractivity contribution is -0.155. The molecule has 2 rings (SSSR count). The lowest BCUT2D eigenvalue weighted by Gasteiger charge is -2.20. The number of esters is 1. The lowest BCUT2D eigenvalue weighted by atomic mass is 10.1. The van der Waals surface area contributed by atoms with Gasteiger partial charge in [-0.15, -0.1) is 0 Å². The van der Waals surface area contributed by atoms with Gasteiger partial charge in [0.1, 0.15) is 12.1 Å². The molecule has 0 atom stereocenters. The Bertz CT molecular complexity index is 880. The molecule has 0 aliphatic rings. The molecule has 7 heteroatoms. The molecule has 0 amide bonds. The van der Waals surface area contributed by atoms with E-state index in [4.69, 9.17) is 4.74 Å². The number of rotatable bonds is 5. The van der Waals surface area contributed by atoms with Crippen molar-refractivity contribution in [2.24, 2.45) is 0 Å². The number of ketones is 1. The fourth-order valence-electron chi connectivity index (χ4n) is 2.36. The van der Waals surface area contributed by atoms with Gasteiger partial charge < -0.3 is 4.74 Å². The van der Waals surface area contributed by atoms with E-state index < -0.39 is 11.6 Å². The van der Waals surface area contributed by atoms with Crippen molar-refractivity contribution in [3.8, 4) is 11.1 Å². The summed E-state index contributed by atoms with van der Waals surface area (Å²) in [5, 5.41) is 0.435. The first-order valence-corrected chi connectivity index (χ1v) is 9.32. The summed E-state index contributed by atoms with van der Waals surface area (Å²) in [6, 6.07) is 6.73. The molecule has 0 bridgehead atoms. The van der Waals surface area contributed by atoms with Gasteiger partial charge in [-0.25, -0.2) is 4.98 Å². The van der Waals surface area contributed by atoms with Crippen LogP contribution in [0.1, 0.15) is 38.1 Å². The van der Waals surface area contributed by atoms with Gasteiger partial charge in [-0.2, -0.15) is 0 Å². The van der Waals surface area contributed by atoms with Gasteiger partial charge in [-0.05, 0) is 39.5 Å². The van der Waals surface area contributed by atoms with E-state index in [-0.39, 0.29) is 17.9 Å². The van der Waals surface area contributed by atoms with Crippen molar-refractivity contribution >= 4 is 23.5 Å². The molecule has 0 aliphatic carbocycles. The van der Waals surface area contributed by atoms with Gasteiger partial charge in [0.2, 0.25) is 0 Å². The van der Waals surface area contributed by atoms with E-state index in [1.165, 1.54) is 29.4 Å². The van der Waals surface area contributed by atoms with Crippen LogP contribution in [0, 0.1) is 0 Å². The third-order valence-corrected chi connectivity index (χ3v) is 4.19. The van der Waals surface area contributed by atoms with E-state index in [1.54, 1.807) is 51.3 Å². The van der Waals surface area contributed by atoms with Crippen LogP contribution in [0.5, 0.6) is 0 Å². The van der Waals surface area contributed by atoms with E-state index in [1.807, 2.05) is 0 Å². The molecule has 1 aromatic heterocycles. The van der Waals surface area contributed by atoms with E-state index in [0.717, 1.165) is 0 Å². The maximum atomic E-state index is 12.9. The summed E-state index contributed by atoms with van der Waals surface area (Å²) in [4.78, 5) is 40.8. The first kappa shape index (κ1) is 19.9. The Labute approximate surface area is 156 Å². The summed E-state index contributed by atoms with van der Waals surface area (Å²) in [6.07, 6.45) is 3.28. The molecule has 0 saturated carbocycles. The standard InChI is InChI=1S/C19H22N2O4S/c1-12(22)13-6-8-14(9-7-13)15-10-20-18(26-5)21(17(15)24)11-16(23)25-19(2,3)4/h6-10H,11H2,1-5H3. The lowest BCUT2D eigenvalue weighted by Crippen LogP contribution is -2.32. The van der Waals surface area contributed by atoms with Crippen LogP contribution in [0.3, 0.4) is 0 Å². The zero-order valence-electron chi connectivity index (χ0n) is 15.5. The van der Waals surface area contributed by atoms with E-state index in [2.05, 4.69) is 4.98 Å². The van der Waals surface area contributed by atoms with Gasteiger partial charge in [0.25, 0.3) is 5.56 Å². The molecular formula is C19H22N2O4S. The molecule has 0 aliphatic heterocycles. The number of benzene rings is 1. The fraction of sp³-hybridized carbons (Fsp3) is 0.368. The van der Waals surface area contributed by atoms with Crippen LogP contribution < -0.4 is 5.56 Å². The Morgan fingerprint density at radius 1 is 1.19 bits per heavy atom. The number of nitrogens with zero attached hydrogens (tertiary/aromatic N) is 2. The topological polar surface area (TPSA) is 78.3 Å². The normalized spacial score (nSPS) is 11.3. The van der Waals surface area contributed by atoms with Gasteiger partial charge in [0.15, 0.2) is 10.9 Å². The number of hydrogen-bond donors (Lipinski definition) is 0. The summed E-state index contributed by atoms with van der Waals surface area (Å²) in [7, 11) is 0. The second-order valence-corrected chi connectivity index (χ2v) is 7.54. The van der Waals surface area contributed by atoms with Crippen LogP contribution in [-0.2, 0) is 16.1 Å². The highest BCUT2D eigenvalue weighted by Gasteiger charge is 2.20. The molecule has 0 spiro atoms. The number of thioether (sulfide) groups is 1. The molecule has 0 N–H and O–H groups in total. The second kappa shape index (κ2) is 7.86. The second-order valence-electron chi connectivity index (χ2n) is 6.77. The molecule has 1 heterocycles.